The fourth-order valence-corrected chi connectivity index (χ4v) is 5.43. The second-order valence-corrected chi connectivity index (χ2v) is 8.18. The molecule has 0 saturated heterocycles. The molecule has 126 valence electrons. The van der Waals surface area contributed by atoms with Gasteiger partial charge in [-0.15, -0.1) is 11.3 Å². The van der Waals surface area contributed by atoms with Crippen molar-refractivity contribution in [1.29, 1.82) is 0 Å². The van der Waals surface area contributed by atoms with Crippen molar-refractivity contribution in [3.63, 3.8) is 0 Å². The van der Waals surface area contributed by atoms with Gasteiger partial charge >= 0.3 is 0 Å². The largest absolute Gasteiger partial charge is 0.399 e. The summed E-state index contributed by atoms with van der Waals surface area (Å²) >= 11 is 13.8. The van der Waals surface area contributed by atoms with Gasteiger partial charge in [-0.3, -0.25) is 0 Å². The van der Waals surface area contributed by atoms with Crippen molar-refractivity contribution in [1.82, 2.24) is 0 Å². The highest BCUT2D eigenvalue weighted by Gasteiger charge is 2.49. The topological polar surface area (TPSA) is 64.1 Å². The molecule has 0 atom stereocenters. The number of halogens is 1. The number of thiocarbonyl (C=S) groups is 1. The average Bonchev–Trinajstić information content (AvgIpc) is 3.03. The molecule has 0 spiro atoms. The number of thiophene rings is 1. The zero-order valence-corrected chi connectivity index (χ0v) is 15.9. The van der Waals surface area contributed by atoms with Gasteiger partial charge in [0.1, 0.15) is 10.4 Å². The standard InChI is InChI=1S/C19H16ClN3S2/c1-10-15-16(25-17(10)20)19(18(24)23-15,11-2-6-13(21)7-3-11)12-4-8-14(22)9-5-12/h2-9H,21-22H2,1H3,(H,23,24). The summed E-state index contributed by atoms with van der Waals surface area (Å²) < 4.78 is 0.773. The monoisotopic (exact) mass is 385 g/mol. The highest BCUT2D eigenvalue weighted by molar-refractivity contribution is 7.81. The lowest BCUT2D eigenvalue weighted by Crippen LogP contribution is -2.35. The molecule has 2 heterocycles. The summed E-state index contributed by atoms with van der Waals surface area (Å²) in [5, 5.41) is 3.40. The van der Waals surface area contributed by atoms with E-state index in [9.17, 15) is 0 Å². The molecule has 25 heavy (non-hydrogen) atoms. The average molecular weight is 386 g/mol. The van der Waals surface area contributed by atoms with Crippen LogP contribution in [-0.2, 0) is 5.41 Å². The van der Waals surface area contributed by atoms with Crippen LogP contribution in [0.1, 0.15) is 21.6 Å². The number of anilines is 3. The van der Waals surface area contributed by atoms with Crippen molar-refractivity contribution in [2.24, 2.45) is 0 Å². The molecular weight excluding hydrogens is 370 g/mol. The first kappa shape index (κ1) is 16.4. The predicted molar refractivity (Wildman–Crippen MR) is 112 cm³/mol. The van der Waals surface area contributed by atoms with Gasteiger partial charge in [-0.1, -0.05) is 48.1 Å². The summed E-state index contributed by atoms with van der Waals surface area (Å²) in [6, 6.07) is 15.7. The smallest absolute Gasteiger partial charge is 0.107 e. The molecule has 4 rings (SSSR count). The minimum atomic E-state index is -0.589. The van der Waals surface area contributed by atoms with Crippen LogP contribution in [0.3, 0.4) is 0 Å². The number of nitrogens with two attached hydrogens (primary N) is 2. The Morgan fingerprint density at radius 3 is 1.92 bits per heavy atom. The third-order valence-corrected chi connectivity index (χ3v) is 6.82. The molecule has 1 aliphatic rings. The molecule has 0 saturated carbocycles. The van der Waals surface area contributed by atoms with Crippen LogP contribution in [0.25, 0.3) is 0 Å². The summed E-state index contributed by atoms with van der Waals surface area (Å²) in [5.41, 5.74) is 16.8. The normalized spacial score (nSPS) is 15.0. The van der Waals surface area contributed by atoms with Gasteiger partial charge in [-0.2, -0.15) is 0 Å². The fourth-order valence-electron chi connectivity index (χ4n) is 3.37. The fraction of sp³-hybridized carbons (Fsp3) is 0.105. The van der Waals surface area contributed by atoms with Crippen molar-refractivity contribution in [3.05, 3.63) is 74.4 Å². The first-order valence-electron chi connectivity index (χ1n) is 7.77. The number of rotatable bonds is 2. The van der Waals surface area contributed by atoms with Gasteiger partial charge in [0.15, 0.2) is 0 Å². The third-order valence-electron chi connectivity index (χ3n) is 4.70. The maximum absolute atomic E-state index is 6.44. The van der Waals surface area contributed by atoms with E-state index in [-0.39, 0.29) is 0 Å². The van der Waals surface area contributed by atoms with Crippen LogP contribution in [0.5, 0.6) is 0 Å². The SMILES string of the molecule is Cc1c(Cl)sc2c1NC(=S)C2(c1ccc(N)cc1)c1ccc(N)cc1. The molecule has 3 aromatic rings. The van der Waals surface area contributed by atoms with Gasteiger partial charge in [-0.05, 0) is 42.3 Å². The number of benzene rings is 2. The maximum Gasteiger partial charge on any atom is 0.107 e. The van der Waals surface area contributed by atoms with Crippen LogP contribution in [-0.4, -0.2) is 4.99 Å². The molecule has 1 aromatic heterocycles. The van der Waals surface area contributed by atoms with Crippen LogP contribution >= 0.6 is 35.2 Å². The van der Waals surface area contributed by atoms with Gasteiger partial charge in [0.05, 0.1) is 14.9 Å². The molecule has 6 heteroatoms. The van der Waals surface area contributed by atoms with Crippen LogP contribution in [0.2, 0.25) is 4.34 Å². The maximum atomic E-state index is 6.44. The molecule has 5 N–H and O–H groups in total. The summed E-state index contributed by atoms with van der Waals surface area (Å²) in [6.45, 7) is 2.01. The zero-order chi connectivity index (χ0) is 17.8. The highest BCUT2D eigenvalue weighted by atomic mass is 35.5. The lowest BCUT2D eigenvalue weighted by atomic mass is 9.74. The molecule has 2 aromatic carbocycles. The number of nitrogens with one attached hydrogen (secondary N) is 1. The van der Waals surface area contributed by atoms with E-state index in [0.29, 0.717) is 11.4 Å². The molecule has 3 nitrogen and oxygen atoms in total. The Kier molecular flexibility index (Phi) is 3.76. The quantitative estimate of drug-likeness (QED) is 0.431. The zero-order valence-electron chi connectivity index (χ0n) is 13.5. The number of hydrogen-bond donors (Lipinski definition) is 3. The van der Waals surface area contributed by atoms with Crippen molar-refractivity contribution in [2.75, 3.05) is 16.8 Å². The van der Waals surface area contributed by atoms with Crippen molar-refractivity contribution >= 4 is 57.2 Å². The third kappa shape index (κ3) is 2.27. The lowest BCUT2D eigenvalue weighted by Gasteiger charge is -2.30. The van der Waals surface area contributed by atoms with E-state index < -0.39 is 5.41 Å². The Hall–Kier alpha value is -2.08. The van der Waals surface area contributed by atoms with Crippen LogP contribution in [0.4, 0.5) is 17.1 Å². The number of fused-ring (bicyclic) bond motifs is 1. The van der Waals surface area contributed by atoms with Crippen molar-refractivity contribution in [3.8, 4) is 0 Å². The Labute approximate surface area is 160 Å². The molecule has 0 bridgehead atoms. The van der Waals surface area contributed by atoms with Crippen LogP contribution < -0.4 is 16.8 Å². The van der Waals surface area contributed by atoms with Gasteiger partial charge in [0.2, 0.25) is 0 Å². The van der Waals surface area contributed by atoms with Crippen LogP contribution in [0, 0.1) is 6.92 Å². The van der Waals surface area contributed by atoms with Gasteiger partial charge in [-0.25, -0.2) is 0 Å². The van der Waals surface area contributed by atoms with Gasteiger partial charge in [0.25, 0.3) is 0 Å². The predicted octanol–water partition coefficient (Wildman–Crippen LogP) is 4.96. The Morgan fingerprint density at radius 2 is 1.44 bits per heavy atom. The summed E-state index contributed by atoms with van der Waals surface area (Å²) in [4.78, 5) is 1.85. The first-order valence-corrected chi connectivity index (χ1v) is 9.37. The minimum Gasteiger partial charge on any atom is -0.399 e. The molecule has 0 radical (unpaired) electrons. The summed E-state index contributed by atoms with van der Waals surface area (Å²) in [5.74, 6) is 0. The Morgan fingerprint density at radius 1 is 0.960 bits per heavy atom. The Bertz CT molecular complexity index is 930. The van der Waals surface area contributed by atoms with E-state index in [0.717, 1.165) is 36.6 Å². The van der Waals surface area contributed by atoms with E-state index in [2.05, 4.69) is 5.32 Å². The van der Waals surface area contributed by atoms with Gasteiger partial charge < -0.3 is 16.8 Å². The molecule has 0 amide bonds. The van der Waals surface area contributed by atoms with E-state index in [1.807, 2.05) is 55.5 Å². The second-order valence-electron chi connectivity index (χ2n) is 6.15. The van der Waals surface area contributed by atoms with E-state index >= 15 is 0 Å². The highest BCUT2D eigenvalue weighted by Crippen LogP contribution is 2.54. The van der Waals surface area contributed by atoms with E-state index in [1.165, 1.54) is 0 Å². The minimum absolute atomic E-state index is 0.589. The van der Waals surface area contributed by atoms with Crippen LogP contribution in [0.15, 0.2) is 48.5 Å². The summed E-state index contributed by atoms with van der Waals surface area (Å²) in [7, 11) is 0. The summed E-state index contributed by atoms with van der Waals surface area (Å²) in [6.07, 6.45) is 0. The van der Waals surface area contributed by atoms with Gasteiger partial charge in [0, 0.05) is 16.9 Å². The Balaban J connectivity index is 2.07. The molecule has 0 fully saturated rings. The molecule has 0 unspecified atom stereocenters. The van der Waals surface area contributed by atoms with Crippen molar-refractivity contribution < 1.29 is 0 Å². The molecule has 0 aliphatic carbocycles. The second kappa shape index (κ2) is 5.73. The first-order chi connectivity index (χ1) is 11.9. The lowest BCUT2D eigenvalue weighted by molar-refractivity contribution is 0.883. The van der Waals surface area contributed by atoms with E-state index in [4.69, 9.17) is 35.3 Å². The van der Waals surface area contributed by atoms with Crippen molar-refractivity contribution in [2.45, 2.75) is 12.3 Å². The molecule has 1 aliphatic heterocycles. The van der Waals surface area contributed by atoms with E-state index in [1.54, 1.807) is 11.3 Å². The number of hydrogen-bond acceptors (Lipinski definition) is 4. The number of nitrogen functional groups attached to an aromatic ring is 2. The molecular formula is C19H16ClN3S2.